The number of rotatable bonds is 9. The summed E-state index contributed by atoms with van der Waals surface area (Å²) in [5, 5.41) is 3.21. The molecular weight excluding hydrogens is 307 g/mol. The van der Waals surface area contributed by atoms with Crippen molar-refractivity contribution in [2.75, 3.05) is 24.2 Å². The Morgan fingerprint density at radius 3 is 2.88 bits per heavy atom. The van der Waals surface area contributed by atoms with E-state index < -0.39 is 0 Å². The predicted octanol–water partition coefficient (Wildman–Crippen LogP) is 3.73. The van der Waals surface area contributed by atoms with Gasteiger partial charge >= 0.3 is 0 Å². The summed E-state index contributed by atoms with van der Waals surface area (Å²) >= 11 is 0. The number of nitrogens with one attached hydrogen (secondary N) is 1. The van der Waals surface area contributed by atoms with Crippen LogP contribution in [0.1, 0.15) is 37.3 Å². The number of halogens is 1. The molecule has 130 valence electrons. The zero-order valence-corrected chi connectivity index (χ0v) is 14.3. The summed E-state index contributed by atoms with van der Waals surface area (Å²) in [5.74, 6) is 1.23. The summed E-state index contributed by atoms with van der Waals surface area (Å²) in [6.07, 6.45) is 5.03. The van der Waals surface area contributed by atoms with Gasteiger partial charge in [0.25, 0.3) is 0 Å². The second-order valence-electron chi connectivity index (χ2n) is 5.77. The van der Waals surface area contributed by atoms with Gasteiger partial charge in [-0.25, -0.2) is 9.37 Å². The van der Waals surface area contributed by atoms with Crippen LogP contribution in [-0.2, 0) is 6.42 Å². The molecule has 3 N–H and O–H groups in total. The molecule has 0 aliphatic carbocycles. The first-order valence-corrected chi connectivity index (χ1v) is 8.34. The van der Waals surface area contributed by atoms with Gasteiger partial charge in [-0.3, -0.25) is 0 Å². The lowest BCUT2D eigenvalue weighted by molar-refractivity contribution is 0.309. The van der Waals surface area contributed by atoms with Crippen LogP contribution >= 0.6 is 0 Å². The van der Waals surface area contributed by atoms with Crippen LogP contribution < -0.4 is 15.8 Å². The molecule has 2 aromatic rings. The topological polar surface area (TPSA) is 73.1 Å². The van der Waals surface area contributed by atoms with Crippen LogP contribution in [0.5, 0.6) is 5.75 Å². The Morgan fingerprint density at radius 2 is 2.12 bits per heavy atom. The molecule has 0 aliphatic heterocycles. The van der Waals surface area contributed by atoms with Crippen molar-refractivity contribution in [2.45, 2.75) is 39.5 Å². The Balaban J connectivity index is 1.87. The molecule has 0 bridgehead atoms. The summed E-state index contributed by atoms with van der Waals surface area (Å²) in [6, 6.07) is 5.30. The first-order valence-electron chi connectivity index (χ1n) is 8.34. The number of ether oxygens (including phenoxy) is 1. The molecule has 2 rings (SSSR count). The van der Waals surface area contributed by atoms with Gasteiger partial charge in [-0.2, -0.15) is 4.98 Å². The summed E-state index contributed by atoms with van der Waals surface area (Å²) < 4.78 is 19.5. The van der Waals surface area contributed by atoms with E-state index in [2.05, 4.69) is 22.2 Å². The number of anilines is 2. The van der Waals surface area contributed by atoms with Crippen molar-refractivity contribution in [3.8, 4) is 5.75 Å². The van der Waals surface area contributed by atoms with E-state index in [-0.39, 0.29) is 11.8 Å². The molecular formula is C18H25FN4O. The normalized spacial score (nSPS) is 10.6. The first kappa shape index (κ1) is 18.0. The van der Waals surface area contributed by atoms with Crippen molar-refractivity contribution in [2.24, 2.45) is 0 Å². The number of nitrogen functional groups attached to an aromatic ring is 1. The number of benzene rings is 1. The maximum atomic E-state index is 13.8. The largest absolute Gasteiger partial charge is 0.488 e. The number of unbranched alkanes of at least 4 members (excludes halogenated alkanes) is 1. The van der Waals surface area contributed by atoms with Gasteiger partial charge in [-0.1, -0.05) is 25.5 Å². The summed E-state index contributed by atoms with van der Waals surface area (Å²) in [5.41, 5.74) is 7.26. The highest BCUT2D eigenvalue weighted by Gasteiger charge is 2.08. The standard InChI is InChI=1S/C18H25FN4O/c1-3-4-9-21-17-16(12-22-18(20)23-17)24-10-5-6-14-8-7-13(2)11-15(14)19/h7-8,11-12H,3-6,9-10H2,1-2H3,(H3,20,21,22,23). The zero-order valence-electron chi connectivity index (χ0n) is 14.3. The second-order valence-corrected chi connectivity index (χ2v) is 5.77. The summed E-state index contributed by atoms with van der Waals surface area (Å²) in [6.45, 7) is 5.27. The lowest BCUT2D eigenvalue weighted by Gasteiger charge is -2.12. The van der Waals surface area contributed by atoms with E-state index in [1.165, 1.54) is 0 Å². The minimum Gasteiger partial charge on any atom is -0.488 e. The fourth-order valence-electron chi connectivity index (χ4n) is 2.30. The van der Waals surface area contributed by atoms with Crippen LogP contribution in [0.4, 0.5) is 16.2 Å². The molecule has 24 heavy (non-hydrogen) atoms. The fraction of sp³-hybridized carbons (Fsp3) is 0.444. The van der Waals surface area contributed by atoms with Crippen molar-refractivity contribution in [3.63, 3.8) is 0 Å². The number of aryl methyl sites for hydroxylation is 2. The molecule has 1 aromatic carbocycles. The molecule has 0 saturated carbocycles. The van der Waals surface area contributed by atoms with Gasteiger partial charge in [-0.05, 0) is 43.4 Å². The second kappa shape index (κ2) is 9.05. The Kier molecular flexibility index (Phi) is 6.78. The monoisotopic (exact) mass is 332 g/mol. The van der Waals surface area contributed by atoms with E-state index in [9.17, 15) is 4.39 Å². The van der Waals surface area contributed by atoms with Gasteiger partial charge < -0.3 is 15.8 Å². The Bertz CT molecular complexity index is 663. The first-order chi connectivity index (χ1) is 11.6. The molecule has 0 saturated heterocycles. The van der Waals surface area contributed by atoms with E-state index in [4.69, 9.17) is 10.5 Å². The summed E-state index contributed by atoms with van der Waals surface area (Å²) in [7, 11) is 0. The molecule has 5 nitrogen and oxygen atoms in total. The van der Waals surface area contributed by atoms with Crippen molar-refractivity contribution in [1.29, 1.82) is 0 Å². The highest BCUT2D eigenvalue weighted by molar-refractivity contribution is 5.51. The number of hydrogen-bond donors (Lipinski definition) is 2. The smallest absolute Gasteiger partial charge is 0.222 e. The van der Waals surface area contributed by atoms with Crippen LogP contribution in [0.25, 0.3) is 0 Å². The molecule has 0 spiro atoms. The third-order valence-corrected chi connectivity index (χ3v) is 3.65. The van der Waals surface area contributed by atoms with Gasteiger partial charge in [0.15, 0.2) is 11.6 Å². The van der Waals surface area contributed by atoms with Gasteiger partial charge in [-0.15, -0.1) is 0 Å². The maximum absolute atomic E-state index is 13.8. The average molecular weight is 332 g/mol. The average Bonchev–Trinajstić information content (AvgIpc) is 2.55. The number of aromatic nitrogens is 2. The quantitative estimate of drug-likeness (QED) is 0.685. The molecule has 0 aliphatic rings. The minimum atomic E-state index is -0.160. The van der Waals surface area contributed by atoms with Gasteiger partial charge in [0.2, 0.25) is 5.95 Å². The van der Waals surface area contributed by atoms with Crippen LogP contribution in [0, 0.1) is 12.7 Å². The van der Waals surface area contributed by atoms with Crippen LogP contribution in [0.15, 0.2) is 24.4 Å². The molecule has 0 amide bonds. The molecule has 6 heteroatoms. The van der Waals surface area contributed by atoms with Crippen LogP contribution in [0.3, 0.4) is 0 Å². The number of nitrogens with zero attached hydrogens (tertiary/aromatic N) is 2. The molecule has 0 unspecified atom stereocenters. The van der Waals surface area contributed by atoms with E-state index in [1.54, 1.807) is 12.3 Å². The Labute approximate surface area is 142 Å². The third kappa shape index (κ3) is 5.37. The van der Waals surface area contributed by atoms with Crippen LogP contribution in [0.2, 0.25) is 0 Å². The summed E-state index contributed by atoms with van der Waals surface area (Å²) in [4.78, 5) is 8.15. The Hall–Kier alpha value is -2.37. The maximum Gasteiger partial charge on any atom is 0.222 e. The highest BCUT2D eigenvalue weighted by Crippen LogP contribution is 2.22. The van der Waals surface area contributed by atoms with Gasteiger partial charge in [0.1, 0.15) is 5.82 Å². The highest BCUT2D eigenvalue weighted by atomic mass is 19.1. The minimum absolute atomic E-state index is 0.160. The number of nitrogens with two attached hydrogens (primary N) is 1. The van der Waals surface area contributed by atoms with Gasteiger partial charge in [0, 0.05) is 6.54 Å². The molecule has 1 heterocycles. The Morgan fingerprint density at radius 1 is 1.29 bits per heavy atom. The van der Waals surface area contributed by atoms with E-state index in [0.29, 0.717) is 36.6 Å². The molecule has 0 atom stereocenters. The zero-order chi connectivity index (χ0) is 17.4. The van der Waals surface area contributed by atoms with Gasteiger partial charge in [0.05, 0.1) is 12.8 Å². The van der Waals surface area contributed by atoms with Crippen LogP contribution in [-0.4, -0.2) is 23.1 Å². The number of hydrogen-bond acceptors (Lipinski definition) is 5. The third-order valence-electron chi connectivity index (χ3n) is 3.65. The van der Waals surface area contributed by atoms with Crippen molar-refractivity contribution >= 4 is 11.8 Å². The molecule has 1 aromatic heterocycles. The van der Waals surface area contributed by atoms with E-state index >= 15 is 0 Å². The lowest BCUT2D eigenvalue weighted by atomic mass is 10.1. The predicted molar refractivity (Wildman–Crippen MR) is 94.8 cm³/mol. The van der Waals surface area contributed by atoms with Crippen molar-refractivity contribution < 1.29 is 9.13 Å². The lowest BCUT2D eigenvalue weighted by Crippen LogP contribution is -2.09. The van der Waals surface area contributed by atoms with E-state index in [0.717, 1.165) is 24.9 Å². The van der Waals surface area contributed by atoms with Crippen molar-refractivity contribution in [3.05, 3.63) is 41.3 Å². The van der Waals surface area contributed by atoms with Crippen molar-refractivity contribution in [1.82, 2.24) is 9.97 Å². The molecule has 0 radical (unpaired) electrons. The molecule has 0 fully saturated rings. The fourth-order valence-corrected chi connectivity index (χ4v) is 2.30. The van der Waals surface area contributed by atoms with E-state index in [1.807, 2.05) is 19.1 Å². The SMILES string of the molecule is CCCCNc1nc(N)ncc1OCCCc1ccc(C)cc1F.